The summed E-state index contributed by atoms with van der Waals surface area (Å²) < 4.78 is 0. The van der Waals surface area contributed by atoms with Crippen LogP contribution in [-0.4, -0.2) is 55.6 Å². The van der Waals surface area contributed by atoms with E-state index < -0.39 is 0 Å². The van der Waals surface area contributed by atoms with Crippen LogP contribution >= 0.6 is 0 Å². The molecule has 4 heteroatoms. The molecule has 18 heavy (non-hydrogen) atoms. The van der Waals surface area contributed by atoms with Gasteiger partial charge >= 0.3 is 0 Å². The van der Waals surface area contributed by atoms with E-state index in [9.17, 15) is 0 Å². The van der Waals surface area contributed by atoms with Crippen LogP contribution in [0.5, 0.6) is 0 Å². The van der Waals surface area contributed by atoms with Crippen LogP contribution < -0.4 is 11.3 Å². The number of hydrogen-bond donors (Lipinski definition) is 2. The first-order valence-corrected chi connectivity index (χ1v) is 7.39. The highest BCUT2D eigenvalue weighted by atomic mass is 15.3. The third-order valence-corrected chi connectivity index (χ3v) is 4.09. The van der Waals surface area contributed by atoms with Crippen LogP contribution in [0.3, 0.4) is 0 Å². The van der Waals surface area contributed by atoms with Crippen LogP contribution in [0.15, 0.2) is 0 Å². The molecule has 0 aromatic carbocycles. The molecule has 0 saturated carbocycles. The number of hydrazine groups is 1. The summed E-state index contributed by atoms with van der Waals surface area (Å²) in [5.41, 5.74) is 3.06. The van der Waals surface area contributed by atoms with Gasteiger partial charge in [0, 0.05) is 18.6 Å². The van der Waals surface area contributed by atoms with Crippen LogP contribution in [-0.2, 0) is 0 Å². The number of likely N-dealkylation sites (N-methyl/N-ethyl adjacent to an activating group) is 2. The maximum absolute atomic E-state index is 5.78. The van der Waals surface area contributed by atoms with Gasteiger partial charge in [-0.05, 0) is 45.9 Å². The van der Waals surface area contributed by atoms with Crippen LogP contribution in [0.4, 0.5) is 0 Å². The van der Waals surface area contributed by atoms with Crippen LogP contribution in [0.25, 0.3) is 0 Å². The fraction of sp³-hybridized carbons (Fsp3) is 1.00. The fourth-order valence-electron chi connectivity index (χ4n) is 2.87. The van der Waals surface area contributed by atoms with Gasteiger partial charge in [-0.1, -0.05) is 26.7 Å². The Morgan fingerprint density at radius 1 is 1.22 bits per heavy atom. The maximum Gasteiger partial charge on any atom is 0.0386 e. The van der Waals surface area contributed by atoms with Gasteiger partial charge < -0.3 is 9.80 Å². The topological polar surface area (TPSA) is 44.5 Å². The predicted molar refractivity (Wildman–Crippen MR) is 78.3 cm³/mol. The molecule has 0 bridgehead atoms. The van der Waals surface area contributed by atoms with E-state index in [0.29, 0.717) is 12.1 Å². The zero-order valence-corrected chi connectivity index (χ0v) is 12.7. The number of nitrogens with zero attached hydrogens (tertiary/aromatic N) is 2. The van der Waals surface area contributed by atoms with Crippen molar-refractivity contribution in [1.29, 1.82) is 0 Å². The minimum Gasteiger partial charge on any atom is -0.305 e. The largest absolute Gasteiger partial charge is 0.305 e. The lowest BCUT2D eigenvalue weighted by atomic mass is 9.98. The summed E-state index contributed by atoms with van der Waals surface area (Å²) in [5.74, 6) is 6.57. The van der Waals surface area contributed by atoms with Crippen molar-refractivity contribution in [3.8, 4) is 0 Å². The van der Waals surface area contributed by atoms with Gasteiger partial charge in [0.2, 0.25) is 0 Å². The third kappa shape index (κ3) is 5.22. The van der Waals surface area contributed by atoms with E-state index in [4.69, 9.17) is 5.84 Å². The van der Waals surface area contributed by atoms with Gasteiger partial charge in [-0.25, -0.2) is 0 Å². The Bertz CT molecular complexity index is 220. The van der Waals surface area contributed by atoms with E-state index in [0.717, 1.165) is 12.5 Å². The van der Waals surface area contributed by atoms with Gasteiger partial charge in [-0.15, -0.1) is 0 Å². The fourth-order valence-corrected chi connectivity index (χ4v) is 2.87. The van der Waals surface area contributed by atoms with Crippen molar-refractivity contribution in [3.63, 3.8) is 0 Å². The van der Waals surface area contributed by atoms with E-state index in [1.54, 1.807) is 0 Å². The summed E-state index contributed by atoms with van der Waals surface area (Å²) in [7, 11) is 4.45. The summed E-state index contributed by atoms with van der Waals surface area (Å²) in [5, 5.41) is 0. The van der Waals surface area contributed by atoms with Gasteiger partial charge in [-0.2, -0.15) is 0 Å². The first-order chi connectivity index (χ1) is 8.54. The standard InChI is InChI=1S/C14H32N4/c1-12(2)7-5-8-13(16-15)14-11-17(3)9-6-10-18(14)4/h12-14,16H,5-11,15H2,1-4H3. The average Bonchev–Trinajstić information content (AvgIpc) is 2.47. The summed E-state index contributed by atoms with van der Waals surface area (Å²) >= 11 is 0. The van der Waals surface area contributed by atoms with Gasteiger partial charge in [-0.3, -0.25) is 11.3 Å². The number of nitrogens with one attached hydrogen (secondary N) is 1. The Kier molecular flexibility index (Phi) is 7.15. The lowest BCUT2D eigenvalue weighted by Gasteiger charge is -2.34. The molecule has 1 saturated heterocycles. The third-order valence-electron chi connectivity index (χ3n) is 4.09. The first-order valence-electron chi connectivity index (χ1n) is 7.39. The molecule has 108 valence electrons. The van der Waals surface area contributed by atoms with Gasteiger partial charge in [0.05, 0.1) is 0 Å². The molecule has 1 aliphatic heterocycles. The van der Waals surface area contributed by atoms with Crippen molar-refractivity contribution in [2.45, 2.75) is 51.6 Å². The van der Waals surface area contributed by atoms with Crippen molar-refractivity contribution >= 4 is 0 Å². The van der Waals surface area contributed by atoms with Crippen molar-refractivity contribution in [2.75, 3.05) is 33.7 Å². The molecule has 4 nitrogen and oxygen atoms in total. The second-order valence-corrected chi connectivity index (χ2v) is 6.26. The van der Waals surface area contributed by atoms with E-state index in [2.05, 4.69) is 43.2 Å². The minimum absolute atomic E-state index is 0.411. The molecule has 0 amide bonds. The highest BCUT2D eigenvalue weighted by Crippen LogP contribution is 2.16. The van der Waals surface area contributed by atoms with Crippen LogP contribution in [0.1, 0.15) is 39.5 Å². The molecule has 0 aromatic heterocycles. The van der Waals surface area contributed by atoms with Crippen molar-refractivity contribution in [3.05, 3.63) is 0 Å². The van der Waals surface area contributed by atoms with Gasteiger partial charge in [0.15, 0.2) is 0 Å². The highest BCUT2D eigenvalue weighted by Gasteiger charge is 2.27. The minimum atomic E-state index is 0.411. The second kappa shape index (κ2) is 8.10. The Balaban J connectivity index is 2.49. The molecule has 1 rings (SSSR count). The van der Waals surface area contributed by atoms with Crippen molar-refractivity contribution < 1.29 is 0 Å². The first kappa shape index (κ1) is 15.9. The zero-order chi connectivity index (χ0) is 13.5. The lowest BCUT2D eigenvalue weighted by Crippen LogP contribution is -2.54. The normalized spacial score (nSPS) is 25.3. The Hall–Kier alpha value is -0.160. The summed E-state index contributed by atoms with van der Waals surface area (Å²) in [4.78, 5) is 4.91. The van der Waals surface area contributed by atoms with Crippen LogP contribution in [0, 0.1) is 5.92 Å². The smallest absolute Gasteiger partial charge is 0.0386 e. The average molecular weight is 256 g/mol. The quantitative estimate of drug-likeness (QED) is 0.555. The lowest BCUT2D eigenvalue weighted by molar-refractivity contribution is 0.170. The zero-order valence-electron chi connectivity index (χ0n) is 12.7. The summed E-state index contributed by atoms with van der Waals surface area (Å²) in [6, 6.07) is 0.948. The molecule has 0 radical (unpaired) electrons. The summed E-state index contributed by atoms with van der Waals surface area (Å²) in [6.07, 6.45) is 5.00. The molecule has 1 aliphatic rings. The van der Waals surface area contributed by atoms with Crippen LogP contribution in [0.2, 0.25) is 0 Å². The Labute approximate surface area is 113 Å². The number of hydrogen-bond acceptors (Lipinski definition) is 4. The second-order valence-electron chi connectivity index (χ2n) is 6.26. The molecular formula is C14H32N4. The van der Waals surface area contributed by atoms with E-state index in [1.807, 2.05) is 0 Å². The molecule has 0 spiro atoms. The predicted octanol–water partition coefficient (Wildman–Crippen LogP) is 1.28. The molecule has 0 aromatic rings. The monoisotopic (exact) mass is 256 g/mol. The van der Waals surface area contributed by atoms with Gasteiger partial charge in [0.25, 0.3) is 0 Å². The Morgan fingerprint density at radius 2 is 1.94 bits per heavy atom. The molecule has 1 heterocycles. The molecule has 0 aliphatic carbocycles. The highest BCUT2D eigenvalue weighted by molar-refractivity contribution is 4.86. The van der Waals surface area contributed by atoms with Crippen molar-refractivity contribution in [1.82, 2.24) is 15.2 Å². The van der Waals surface area contributed by atoms with Crippen molar-refractivity contribution in [2.24, 2.45) is 11.8 Å². The maximum atomic E-state index is 5.78. The van der Waals surface area contributed by atoms with E-state index >= 15 is 0 Å². The SMILES string of the molecule is CC(C)CCCC(NN)C1CN(C)CCCN1C. The molecular weight excluding hydrogens is 224 g/mol. The van der Waals surface area contributed by atoms with Gasteiger partial charge in [0.1, 0.15) is 0 Å². The molecule has 2 unspecified atom stereocenters. The van der Waals surface area contributed by atoms with E-state index in [-0.39, 0.29) is 0 Å². The summed E-state index contributed by atoms with van der Waals surface area (Å²) in [6.45, 7) is 8.07. The number of rotatable bonds is 6. The molecule has 2 atom stereocenters. The number of nitrogens with two attached hydrogens (primary N) is 1. The van der Waals surface area contributed by atoms with E-state index in [1.165, 1.54) is 38.8 Å². The Morgan fingerprint density at radius 3 is 2.56 bits per heavy atom. The molecule has 1 fully saturated rings. The molecule has 3 N–H and O–H groups in total.